The van der Waals surface area contributed by atoms with E-state index in [2.05, 4.69) is 6.92 Å². The van der Waals surface area contributed by atoms with Gasteiger partial charge in [-0.1, -0.05) is 75.8 Å². The molecule has 5 nitrogen and oxygen atoms in total. The third-order valence-electron chi connectivity index (χ3n) is 6.22. The third-order valence-corrected chi connectivity index (χ3v) is 6.22. The maximum absolute atomic E-state index is 13.4. The number of hydrogen-bond donors (Lipinski definition) is 0. The van der Waals surface area contributed by atoms with Gasteiger partial charge in [-0.25, -0.2) is 0 Å². The molecule has 1 aromatic carbocycles. The normalized spacial score (nSPS) is 11.1. The Kier molecular flexibility index (Phi) is 11.8. The molecule has 0 radical (unpaired) electrons. The van der Waals surface area contributed by atoms with E-state index in [-0.39, 0.29) is 24.4 Å². The Balaban J connectivity index is 1.97. The average molecular weight is 454 g/mol. The number of aryl methyl sites for hydroxylation is 1. The standard InChI is InChI=1S/C28H43N3O2/c1-5-6-7-8-9-10-14-19-27(32)31(24(2)3)23-28(33)30(21-25-16-12-11-13-17-25)22-26-18-15-20-29(26)4/h11-13,15-18,20,24H,5-10,14,19,21-23H2,1-4H3. The summed E-state index contributed by atoms with van der Waals surface area (Å²) in [4.78, 5) is 30.0. The first-order valence-corrected chi connectivity index (χ1v) is 12.6. The highest BCUT2D eigenvalue weighted by Gasteiger charge is 2.24. The molecule has 182 valence electrons. The van der Waals surface area contributed by atoms with Crippen LogP contribution in [0.15, 0.2) is 48.7 Å². The molecule has 33 heavy (non-hydrogen) atoms. The van der Waals surface area contributed by atoms with Crippen molar-refractivity contribution >= 4 is 11.8 Å². The van der Waals surface area contributed by atoms with Crippen molar-refractivity contribution < 1.29 is 9.59 Å². The van der Waals surface area contributed by atoms with Crippen LogP contribution in [0.4, 0.5) is 0 Å². The van der Waals surface area contributed by atoms with Crippen LogP contribution in [0.1, 0.15) is 83.4 Å². The summed E-state index contributed by atoms with van der Waals surface area (Å²) < 4.78 is 2.04. The Morgan fingerprint density at radius 1 is 0.848 bits per heavy atom. The van der Waals surface area contributed by atoms with Gasteiger partial charge in [0.15, 0.2) is 0 Å². The van der Waals surface area contributed by atoms with Crippen LogP contribution in [0.3, 0.4) is 0 Å². The van der Waals surface area contributed by atoms with E-state index in [9.17, 15) is 9.59 Å². The zero-order valence-electron chi connectivity index (χ0n) is 21.1. The molecular weight excluding hydrogens is 410 g/mol. The Morgan fingerprint density at radius 3 is 2.12 bits per heavy atom. The number of hydrogen-bond acceptors (Lipinski definition) is 2. The number of unbranched alkanes of at least 4 members (excludes halogenated alkanes) is 6. The van der Waals surface area contributed by atoms with Crippen molar-refractivity contribution in [3.63, 3.8) is 0 Å². The minimum absolute atomic E-state index is 0.000356. The van der Waals surface area contributed by atoms with Crippen LogP contribution < -0.4 is 0 Å². The summed E-state index contributed by atoms with van der Waals surface area (Å²) in [5.74, 6) is 0.0760. The van der Waals surface area contributed by atoms with Gasteiger partial charge in [-0.3, -0.25) is 9.59 Å². The van der Waals surface area contributed by atoms with Crippen LogP contribution in [0.2, 0.25) is 0 Å². The molecule has 0 N–H and O–H groups in total. The number of aromatic nitrogens is 1. The number of carbonyl (C=O) groups is 2. The molecule has 1 aromatic heterocycles. The van der Waals surface area contributed by atoms with E-state index in [1.54, 1.807) is 4.90 Å². The highest BCUT2D eigenvalue weighted by molar-refractivity contribution is 5.85. The van der Waals surface area contributed by atoms with Crippen LogP contribution in [-0.2, 0) is 29.7 Å². The molecule has 0 unspecified atom stereocenters. The largest absolute Gasteiger partial charge is 0.353 e. The summed E-state index contributed by atoms with van der Waals surface area (Å²) in [5.41, 5.74) is 2.16. The lowest BCUT2D eigenvalue weighted by Crippen LogP contribution is -2.45. The van der Waals surface area contributed by atoms with Crippen LogP contribution in [0.5, 0.6) is 0 Å². The Hall–Kier alpha value is -2.56. The van der Waals surface area contributed by atoms with Gasteiger partial charge >= 0.3 is 0 Å². The monoisotopic (exact) mass is 453 g/mol. The molecule has 5 heteroatoms. The van der Waals surface area contributed by atoms with Crippen molar-refractivity contribution in [2.45, 2.75) is 91.3 Å². The summed E-state index contributed by atoms with van der Waals surface area (Å²) in [5, 5.41) is 0. The van der Waals surface area contributed by atoms with Crippen molar-refractivity contribution in [3.05, 3.63) is 59.9 Å². The quantitative estimate of drug-likeness (QED) is 0.314. The van der Waals surface area contributed by atoms with Crippen molar-refractivity contribution in [3.8, 4) is 0 Å². The maximum Gasteiger partial charge on any atom is 0.242 e. The zero-order valence-corrected chi connectivity index (χ0v) is 21.1. The van der Waals surface area contributed by atoms with Gasteiger partial charge in [-0.05, 0) is 38.0 Å². The Bertz CT molecular complexity index is 829. The van der Waals surface area contributed by atoms with Crippen molar-refractivity contribution in [1.82, 2.24) is 14.4 Å². The SMILES string of the molecule is CCCCCCCCCC(=O)N(CC(=O)N(Cc1ccccc1)Cc1cccn1C)C(C)C. The fourth-order valence-electron chi connectivity index (χ4n) is 4.07. The van der Waals surface area contributed by atoms with Gasteiger partial charge < -0.3 is 14.4 Å². The van der Waals surface area contributed by atoms with Crippen LogP contribution in [-0.4, -0.2) is 38.8 Å². The molecule has 0 aliphatic heterocycles. The Morgan fingerprint density at radius 2 is 1.52 bits per heavy atom. The van der Waals surface area contributed by atoms with E-state index < -0.39 is 0 Å². The van der Waals surface area contributed by atoms with E-state index >= 15 is 0 Å². The van der Waals surface area contributed by atoms with Crippen molar-refractivity contribution in [1.29, 1.82) is 0 Å². The lowest BCUT2D eigenvalue weighted by molar-refractivity contribution is -0.142. The molecule has 0 fully saturated rings. The fraction of sp³-hybridized carbons (Fsp3) is 0.571. The number of nitrogens with zero attached hydrogens (tertiary/aromatic N) is 3. The van der Waals surface area contributed by atoms with Gasteiger partial charge in [0.05, 0.1) is 13.1 Å². The van der Waals surface area contributed by atoms with Gasteiger partial charge in [0.1, 0.15) is 0 Å². The minimum atomic E-state index is -0.0123. The molecule has 0 spiro atoms. The number of carbonyl (C=O) groups excluding carboxylic acids is 2. The van der Waals surface area contributed by atoms with Gasteiger partial charge in [-0.15, -0.1) is 0 Å². The third kappa shape index (κ3) is 9.45. The molecular formula is C28H43N3O2. The molecule has 2 aromatic rings. The lowest BCUT2D eigenvalue weighted by atomic mass is 10.1. The summed E-state index contributed by atoms with van der Waals surface area (Å²) in [6, 6.07) is 14.1. The molecule has 1 heterocycles. The van der Waals surface area contributed by atoms with E-state index in [0.29, 0.717) is 19.5 Å². The second-order valence-electron chi connectivity index (χ2n) is 9.33. The summed E-state index contributed by atoms with van der Waals surface area (Å²) >= 11 is 0. The lowest BCUT2D eigenvalue weighted by Gasteiger charge is -2.30. The predicted octanol–water partition coefficient (Wildman–Crippen LogP) is 5.93. The van der Waals surface area contributed by atoms with Crippen molar-refractivity contribution in [2.24, 2.45) is 7.05 Å². The smallest absolute Gasteiger partial charge is 0.242 e. The molecule has 0 atom stereocenters. The molecule has 2 rings (SSSR count). The average Bonchev–Trinajstić information content (AvgIpc) is 3.20. The summed E-state index contributed by atoms with van der Waals surface area (Å²) in [7, 11) is 1.99. The van der Waals surface area contributed by atoms with Gasteiger partial charge in [-0.2, -0.15) is 0 Å². The van der Waals surface area contributed by atoms with Crippen LogP contribution in [0, 0.1) is 0 Å². The van der Waals surface area contributed by atoms with E-state index in [4.69, 9.17) is 0 Å². The van der Waals surface area contributed by atoms with Gasteiger partial charge in [0, 0.05) is 37.9 Å². The van der Waals surface area contributed by atoms with E-state index in [1.165, 1.54) is 32.1 Å². The molecule has 0 saturated carbocycles. The molecule has 0 bridgehead atoms. The molecule has 0 aliphatic rings. The maximum atomic E-state index is 13.4. The fourth-order valence-corrected chi connectivity index (χ4v) is 4.07. The molecule has 2 amide bonds. The number of rotatable bonds is 15. The first-order valence-electron chi connectivity index (χ1n) is 12.6. The molecule has 0 saturated heterocycles. The summed E-state index contributed by atoms with van der Waals surface area (Å²) in [6.07, 6.45) is 10.8. The first kappa shape index (κ1) is 26.7. The van der Waals surface area contributed by atoms with E-state index in [0.717, 1.165) is 24.1 Å². The number of amides is 2. The Labute approximate surface area is 200 Å². The predicted molar refractivity (Wildman–Crippen MR) is 136 cm³/mol. The second kappa shape index (κ2) is 14.6. The highest BCUT2D eigenvalue weighted by Crippen LogP contribution is 2.14. The second-order valence-corrected chi connectivity index (χ2v) is 9.33. The number of benzene rings is 1. The zero-order chi connectivity index (χ0) is 24.1. The van der Waals surface area contributed by atoms with Crippen LogP contribution in [0.25, 0.3) is 0 Å². The van der Waals surface area contributed by atoms with E-state index in [1.807, 2.05) is 79.0 Å². The van der Waals surface area contributed by atoms with Gasteiger partial charge in [0.25, 0.3) is 0 Å². The highest BCUT2D eigenvalue weighted by atomic mass is 16.2. The topological polar surface area (TPSA) is 45.6 Å². The first-order chi connectivity index (χ1) is 15.9. The summed E-state index contributed by atoms with van der Waals surface area (Å²) in [6.45, 7) is 7.40. The molecule has 0 aliphatic carbocycles. The van der Waals surface area contributed by atoms with Crippen LogP contribution >= 0.6 is 0 Å². The minimum Gasteiger partial charge on any atom is -0.353 e. The van der Waals surface area contributed by atoms with Gasteiger partial charge in [0.2, 0.25) is 11.8 Å². The van der Waals surface area contributed by atoms with Crippen molar-refractivity contribution in [2.75, 3.05) is 6.54 Å².